The zero-order valence-corrected chi connectivity index (χ0v) is 10.8. The lowest BCUT2D eigenvalue weighted by atomic mass is 9.94. The molecule has 1 saturated heterocycles. The molecule has 1 aliphatic rings. The van der Waals surface area contributed by atoms with Crippen LogP contribution in [0.4, 0.5) is 0 Å². The minimum absolute atomic E-state index is 0.228. The smallest absolute Gasteiger partial charge is 0.212 e. The number of rotatable bonds is 2. The summed E-state index contributed by atoms with van der Waals surface area (Å²) in [5.41, 5.74) is 1.61. The molecular formula is C14H18N2O2. The Hall–Kier alpha value is -1.55. The fourth-order valence-corrected chi connectivity index (χ4v) is 2.55. The summed E-state index contributed by atoms with van der Waals surface area (Å²) in [7, 11) is 1.66. The van der Waals surface area contributed by atoms with Crippen molar-refractivity contribution >= 4 is 11.1 Å². The number of nitrogens with one attached hydrogen (secondary N) is 1. The number of oxazole rings is 1. The second-order valence-corrected chi connectivity index (χ2v) is 5.00. The van der Waals surface area contributed by atoms with Gasteiger partial charge in [-0.3, -0.25) is 0 Å². The number of nitrogens with zero attached hydrogens (tertiary/aromatic N) is 1. The van der Waals surface area contributed by atoms with Crippen molar-refractivity contribution in [2.45, 2.75) is 25.8 Å². The monoisotopic (exact) mass is 246 g/mol. The van der Waals surface area contributed by atoms with Crippen LogP contribution < -0.4 is 10.1 Å². The third-order valence-corrected chi connectivity index (χ3v) is 3.58. The number of benzene rings is 1. The lowest BCUT2D eigenvalue weighted by molar-refractivity contribution is 0.287. The molecule has 2 unspecified atom stereocenters. The van der Waals surface area contributed by atoms with E-state index >= 15 is 0 Å². The zero-order chi connectivity index (χ0) is 12.5. The van der Waals surface area contributed by atoms with Crippen LogP contribution >= 0.6 is 0 Å². The fraction of sp³-hybridized carbons (Fsp3) is 0.500. The molecular weight excluding hydrogens is 228 g/mol. The van der Waals surface area contributed by atoms with Gasteiger partial charge in [-0.25, -0.2) is 4.98 Å². The first-order valence-corrected chi connectivity index (χ1v) is 6.44. The summed E-state index contributed by atoms with van der Waals surface area (Å²) in [6.07, 6.45) is 2.30. The summed E-state index contributed by atoms with van der Waals surface area (Å²) in [5, 5.41) is 3.47. The summed E-state index contributed by atoms with van der Waals surface area (Å²) in [4.78, 5) is 4.59. The fourth-order valence-electron chi connectivity index (χ4n) is 2.55. The van der Waals surface area contributed by atoms with Crippen LogP contribution in [0, 0.1) is 5.92 Å². The van der Waals surface area contributed by atoms with Gasteiger partial charge in [0.25, 0.3) is 0 Å². The van der Waals surface area contributed by atoms with Gasteiger partial charge in [-0.15, -0.1) is 0 Å². The van der Waals surface area contributed by atoms with Crippen LogP contribution in [0.2, 0.25) is 0 Å². The maximum Gasteiger partial charge on any atom is 0.212 e. The van der Waals surface area contributed by atoms with Gasteiger partial charge in [0.05, 0.1) is 13.2 Å². The molecule has 0 aliphatic carbocycles. The van der Waals surface area contributed by atoms with Gasteiger partial charge in [0.2, 0.25) is 5.89 Å². The molecule has 3 rings (SSSR count). The van der Waals surface area contributed by atoms with E-state index in [-0.39, 0.29) is 6.04 Å². The number of hydrogen-bond donors (Lipinski definition) is 1. The van der Waals surface area contributed by atoms with Crippen molar-refractivity contribution in [2.75, 3.05) is 13.7 Å². The van der Waals surface area contributed by atoms with Gasteiger partial charge >= 0.3 is 0 Å². The van der Waals surface area contributed by atoms with E-state index in [0.717, 1.165) is 35.7 Å². The Labute approximate surface area is 106 Å². The van der Waals surface area contributed by atoms with Gasteiger partial charge in [0.15, 0.2) is 11.1 Å². The van der Waals surface area contributed by atoms with E-state index in [1.165, 1.54) is 6.42 Å². The van der Waals surface area contributed by atoms with Gasteiger partial charge in [0, 0.05) is 0 Å². The third-order valence-electron chi connectivity index (χ3n) is 3.58. The lowest BCUT2D eigenvalue weighted by Gasteiger charge is -2.25. The number of aromatic nitrogens is 1. The molecule has 0 saturated carbocycles. The largest absolute Gasteiger partial charge is 0.494 e. The predicted octanol–water partition coefficient (Wildman–Crippen LogP) is 2.90. The molecule has 1 N–H and O–H groups in total. The van der Waals surface area contributed by atoms with Crippen molar-refractivity contribution in [3.63, 3.8) is 0 Å². The van der Waals surface area contributed by atoms with Crippen LogP contribution in [0.5, 0.6) is 5.75 Å². The topological polar surface area (TPSA) is 47.3 Å². The molecule has 2 atom stereocenters. The molecule has 1 fully saturated rings. The number of para-hydroxylation sites is 1. The van der Waals surface area contributed by atoms with E-state index in [1.54, 1.807) is 7.11 Å². The van der Waals surface area contributed by atoms with E-state index in [2.05, 4.69) is 17.2 Å². The van der Waals surface area contributed by atoms with Crippen LogP contribution in [-0.4, -0.2) is 18.6 Å². The normalized spacial score (nSPS) is 24.3. The number of ether oxygens (including phenoxy) is 1. The van der Waals surface area contributed by atoms with Crippen LogP contribution in [0.25, 0.3) is 11.1 Å². The second kappa shape index (κ2) is 4.61. The predicted molar refractivity (Wildman–Crippen MR) is 69.7 cm³/mol. The first-order chi connectivity index (χ1) is 8.78. The number of fused-ring (bicyclic) bond motifs is 1. The summed E-state index contributed by atoms with van der Waals surface area (Å²) in [6.45, 7) is 3.30. The Morgan fingerprint density at radius 3 is 3.11 bits per heavy atom. The Morgan fingerprint density at radius 2 is 2.33 bits per heavy atom. The van der Waals surface area contributed by atoms with Gasteiger partial charge in [0.1, 0.15) is 5.75 Å². The quantitative estimate of drug-likeness (QED) is 0.885. The van der Waals surface area contributed by atoms with Gasteiger partial charge in [-0.2, -0.15) is 0 Å². The molecule has 0 radical (unpaired) electrons. The molecule has 2 heterocycles. The Morgan fingerprint density at radius 1 is 1.44 bits per heavy atom. The SMILES string of the molecule is COc1cccc2oc(C3CC(C)CCN3)nc12. The standard InChI is InChI=1S/C14H18N2O2/c1-9-6-7-15-10(8-9)14-16-13-11(17-2)4-3-5-12(13)18-14/h3-5,9-10,15H,6-8H2,1-2H3. The van der Waals surface area contributed by atoms with Crippen molar-refractivity contribution < 1.29 is 9.15 Å². The van der Waals surface area contributed by atoms with Crippen LogP contribution in [-0.2, 0) is 0 Å². The van der Waals surface area contributed by atoms with Crippen molar-refractivity contribution in [1.82, 2.24) is 10.3 Å². The average Bonchev–Trinajstić information content (AvgIpc) is 2.82. The molecule has 4 heteroatoms. The van der Waals surface area contributed by atoms with Gasteiger partial charge < -0.3 is 14.5 Å². The van der Waals surface area contributed by atoms with E-state index in [1.807, 2.05) is 18.2 Å². The van der Waals surface area contributed by atoms with Crippen molar-refractivity contribution in [2.24, 2.45) is 5.92 Å². The van der Waals surface area contributed by atoms with Crippen LogP contribution in [0.15, 0.2) is 22.6 Å². The number of hydrogen-bond acceptors (Lipinski definition) is 4. The molecule has 0 bridgehead atoms. The zero-order valence-electron chi connectivity index (χ0n) is 10.8. The molecule has 0 amide bonds. The molecule has 1 aromatic heterocycles. The summed E-state index contributed by atoms with van der Waals surface area (Å²) in [5.74, 6) is 2.26. The van der Waals surface area contributed by atoms with E-state index in [0.29, 0.717) is 5.92 Å². The first-order valence-electron chi connectivity index (χ1n) is 6.44. The maximum absolute atomic E-state index is 5.84. The molecule has 96 valence electrons. The highest BCUT2D eigenvalue weighted by molar-refractivity contribution is 5.79. The Kier molecular flexibility index (Phi) is 2.96. The lowest BCUT2D eigenvalue weighted by Crippen LogP contribution is -2.30. The number of methoxy groups -OCH3 is 1. The highest BCUT2D eigenvalue weighted by Gasteiger charge is 2.24. The highest BCUT2D eigenvalue weighted by Crippen LogP contribution is 2.31. The highest BCUT2D eigenvalue weighted by atomic mass is 16.5. The average molecular weight is 246 g/mol. The maximum atomic E-state index is 5.84. The summed E-state index contributed by atoms with van der Waals surface area (Å²) >= 11 is 0. The minimum Gasteiger partial charge on any atom is -0.494 e. The minimum atomic E-state index is 0.228. The van der Waals surface area contributed by atoms with Gasteiger partial charge in [-0.05, 0) is 37.4 Å². The third kappa shape index (κ3) is 1.97. The van der Waals surface area contributed by atoms with Crippen molar-refractivity contribution in [3.8, 4) is 5.75 Å². The van der Waals surface area contributed by atoms with Crippen molar-refractivity contribution in [3.05, 3.63) is 24.1 Å². The molecule has 0 spiro atoms. The second-order valence-electron chi connectivity index (χ2n) is 5.00. The first kappa shape index (κ1) is 11.5. The van der Waals surface area contributed by atoms with Crippen LogP contribution in [0.1, 0.15) is 31.7 Å². The summed E-state index contributed by atoms with van der Waals surface area (Å²) in [6, 6.07) is 5.99. The van der Waals surface area contributed by atoms with E-state index < -0.39 is 0 Å². The molecule has 4 nitrogen and oxygen atoms in total. The van der Waals surface area contributed by atoms with Crippen molar-refractivity contribution in [1.29, 1.82) is 0 Å². The molecule has 18 heavy (non-hydrogen) atoms. The van der Waals surface area contributed by atoms with Crippen LogP contribution in [0.3, 0.4) is 0 Å². The Bertz CT molecular complexity index is 550. The van der Waals surface area contributed by atoms with Gasteiger partial charge in [-0.1, -0.05) is 13.0 Å². The Balaban J connectivity index is 1.97. The van der Waals surface area contributed by atoms with E-state index in [9.17, 15) is 0 Å². The molecule has 1 aliphatic heterocycles. The van der Waals surface area contributed by atoms with E-state index in [4.69, 9.17) is 9.15 Å². The number of piperidine rings is 1. The molecule has 1 aromatic carbocycles. The molecule has 2 aromatic rings. The summed E-state index contributed by atoms with van der Waals surface area (Å²) < 4.78 is 11.2.